The highest BCUT2D eigenvalue weighted by molar-refractivity contribution is 5.96. The number of amides is 1. The number of benzene rings is 1. The van der Waals surface area contributed by atoms with E-state index >= 15 is 0 Å². The first-order valence-electron chi connectivity index (χ1n) is 7.55. The van der Waals surface area contributed by atoms with E-state index < -0.39 is 17.5 Å². The lowest BCUT2D eigenvalue weighted by Crippen LogP contribution is -2.26. The molecule has 2 heterocycles. The van der Waals surface area contributed by atoms with Gasteiger partial charge in [-0.2, -0.15) is 0 Å². The number of pyridine rings is 1. The van der Waals surface area contributed by atoms with Crippen LogP contribution in [0, 0.1) is 11.6 Å². The van der Waals surface area contributed by atoms with Crippen LogP contribution in [0.3, 0.4) is 0 Å². The summed E-state index contributed by atoms with van der Waals surface area (Å²) in [6.07, 6.45) is 2.13. The van der Waals surface area contributed by atoms with E-state index in [0.29, 0.717) is 13.2 Å². The van der Waals surface area contributed by atoms with Crippen LogP contribution in [0.25, 0.3) is 0 Å². The Morgan fingerprint density at radius 1 is 1.38 bits per heavy atom. The fourth-order valence-electron chi connectivity index (χ4n) is 2.36. The van der Waals surface area contributed by atoms with Crippen molar-refractivity contribution >= 4 is 5.91 Å². The molecule has 1 aromatic heterocycles. The van der Waals surface area contributed by atoms with Gasteiger partial charge in [0.25, 0.3) is 5.91 Å². The van der Waals surface area contributed by atoms with Crippen molar-refractivity contribution in [3.05, 3.63) is 59.3 Å². The Balaban J connectivity index is 1.68. The first-order chi connectivity index (χ1) is 11.6. The zero-order chi connectivity index (χ0) is 16.9. The van der Waals surface area contributed by atoms with E-state index in [1.807, 2.05) is 0 Å². The molecule has 0 spiro atoms. The maximum atomic E-state index is 13.6. The third-order valence-corrected chi connectivity index (χ3v) is 3.64. The van der Waals surface area contributed by atoms with E-state index in [1.54, 1.807) is 12.1 Å². The van der Waals surface area contributed by atoms with Crippen molar-refractivity contribution in [2.75, 3.05) is 13.2 Å². The van der Waals surface area contributed by atoms with E-state index in [0.717, 1.165) is 18.6 Å². The fourth-order valence-corrected chi connectivity index (χ4v) is 2.36. The van der Waals surface area contributed by atoms with E-state index in [-0.39, 0.29) is 29.7 Å². The Morgan fingerprint density at radius 2 is 2.25 bits per heavy atom. The summed E-state index contributed by atoms with van der Waals surface area (Å²) in [7, 11) is 0. The van der Waals surface area contributed by atoms with Gasteiger partial charge in [0.05, 0.1) is 13.2 Å². The van der Waals surface area contributed by atoms with Gasteiger partial charge in [-0.15, -0.1) is 0 Å². The lowest BCUT2D eigenvalue weighted by atomic mass is 10.2. The number of carbonyl (C=O) groups is 1. The summed E-state index contributed by atoms with van der Waals surface area (Å²) in [4.78, 5) is 16.4. The van der Waals surface area contributed by atoms with E-state index in [2.05, 4.69) is 10.3 Å². The van der Waals surface area contributed by atoms with Crippen molar-refractivity contribution in [1.29, 1.82) is 0 Å². The van der Waals surface area contributed by atoms with Gasteiger partial charge in [-0.1, -0.05) is 6.07 Å². The molecule has 0 unspecified atom stereocenters. The number of aromatic nitrogens is 1. The van der Waals surface area contributed by atoms with E-state index in [1.165, 1.54) is 12.3 Å². The Kier molecular flexibility index (Phi) is 5.00. The highest BCUT2D eigenvalue weighted by atomic mass is 19.1. The molecule has 3 rings (SSSR count). The lowest BCUT2D eigenvalue weighted by Gasteiger charge is -2.14. The molecule has 0 bridgehead atoms. The zero-order valence-electron chi connectivity index (χ0n) is 12.8. The molecule has 0 radical (unpaired) electrons. The van der Waals surface area contributed by atoms with Crippen molar-refractivity contribution < 1.29 is 23.0 Å². The smallest absolute Gasteiger partial charge is 0.257 e. The summed E-state index contributed by atoms with van der Waals surface area (Å²) in [5.74, 6) is -1.60. The Bertz CT molecular complexity index is 734. The summed E-state index contributed by atoms with van der Waals surface area (Å²) in [5.41, 5.74) is 0.451. The van der Waals surface area contributed by atoms with Gasteiger partial charge in [0.15, 0.2) is 0 Å². The van der Waals surface area contributed by atoms with E-state index in [9.17, 15) is 13.6 Å². The molecule has 2 aromatic rings. The molecular formula is C17H16F2N2O3. The van der Waals surface area contributed by atoms with Crippen LogP contribution in [-0.2, 0) is 11.3 Å². The molecule has 1 aliphatic heterocycles. The monoisotopic (exact) mass is 334 g/mol. The lowest BCUT2D eigenvalue weighted by molar-refractivity contribution is 0.0937. The molecule has 24 heavy (non-hydrogen) atoms. The van der Waals surface area contributed by atoms with Crippen LogP contribution in [0.5, 0.6) is 5.88 Å². The average molecular weight is 334 g/mol. The molecule has 1 aliphatic rings. The Morgan fingerprint density at radius 3 is 3.00 bits per heavy atom. The van der Waals surface area contributed by atoms with Crippen molar-refractivity contribution in [3.63, 3.8) is 0 Å². The second-order valence-electron chi connectivity index (χ2n) is 5.38. The van der Waals surface area contributed by atoms with Crippen LogP contribution < -0.4 is 10.1 Å². The molecule has 1 aromatic carbocycles. The number of nitrogens with one attached hydrogen (secondary N) is 1. The zero-order valence-corrected chi connectivity index (χ0v) is 12.8. The van der Waals surface area contributed by atoms with Crippen molar-refractivity contribution in [2.45, 2.75) is 19.1 Å². The topological polar surface area (TPSA) is 60.5 Å². The summed E-state index contributed by atoms with van der Waals surface area (Å²) >= 11 is 0. The summed E-state index contributed by atoms with van der Waals surface area (Å²) < 4.78 is 37.4. The first-order valence-corrected chi connectivity index (χ1v) is 7.55. The molecule has 1 amide bonds. The molecule has 1 fully saturated rings. The van der Waals surface area contributed by atoms with Crippen LogP contribution in [0.1, 0.15) is 22.3 Å². The quantitative estimate of drug-likeness (QED) is 0.912. The third kappa shape index (κ3) is 3.86. The summed E-state index contributed by atoms with van der Waals surface area (Å²) in [6, 6.07) is 6.41. The largest absolute Gasteiger partial charge is 0.471 e. The van der Waals surface area contributed by atoms with Crippen LogP contribution in [-0.4, -0.2) is 30.2 Å². The summed E-state index contributed by atoms with van der Waals surface area (Å²) in [6.45, 7) is 1.01. The minimum Gasteiger partial charge on any atom is -0.471 e. The van der Waals surface area contributed by atoms with E-state index in [4.69, 9.17) is 9.47 Å². The average Bonchev–Trinajstić information content (AvgIpc) is 3.07. The number of carbonyl (C=O) groups excluding carboxylic acids is 1. The molecule has 126 valence electrons. The molecule has 0 saturated carbocycles. The second-order valence-corrected chi connectivity index (χ2v) is 5.38. The van der Waals surface area contributed by atoms with Crippen LogP contribution in [0.4, 0.5) is 8.78 Å². The predicted molar refractivity (Wildman–Crippen MR) is 81.6 cm³/mol. The van der Waals surface area contributed by atoms with Gasteiger partial charge in [-0.25, -0.2) is 13.8 Å². The van der Waals surface area contributed by atoms with Crippen LogP contribution in [0.15, 0.2) is 36.5 Å². The van der Waals surface area contributed by atoms with Gasteiger partial charge in [-0.05, 0) is 18.2 Å². The minimum absolute atomic E-state index is 0.0637. The van der Waals surface area contributed by atoms with Crippen molar-refractivity contribution in [2.24, 2.45) is 0 Å². The van der Waals surface area contributed by atoms with Gasteiger partial charge in [0.2, 0.25) is 5.88 Å². The molecule has 1 N–H and O–H groups in total. The highest BCUT2D eigenvalue weighted by Crippen LogP contribution is 2.19. The van der Waals surface area contributed by atoms with Gasteiger partial charge in [-0.3, -0.25) is 4.79 Å². The van der Waals surface area contributed by atoms with Crippen molar-refractivity contribution in [3.8, 4) is 5.88 Å². The number of hydrogen-bond acceptors (Lipinski definition) is 4. The second kappa shape index (κ2) is 7.35. The number of ether oxygens (including phenoxy) is 2. The fraction of sp³-hybridized carbons (Fsp3) is 0.294. The number of hydrogen-bond donors (Lipinski definition) is 1. The third-order valence-electron chi connectivity index (χ3n) is 3.64. The van der Waals surface area contributed by atoms with Gasteiger partial charge >= 0.3 is 0 Å². The minimum atomic E-state index is -0.707. The van der Waals surface area contributed by atoms with Crippen molar-refractivity contribution in [1.82, 2.24) is 10.3 Å². The maximum absolute atomic E-state index is 13.6. The molecule has 7 heteroatoms. The number of halogens is 2. The predicted octanol–water partition coefficient (Wildman–Crippen LogP) is 2.46. The molecule has 5 nitrogen and oxygen atoms in total. The standard InChI is InChI=1S/C17H16F2N2O3/c18-12-4-3-11(15(19)8-12)9-21-16(22)14-2-1-6-20-17(14)24-13-5-7-23-10-13/h1-4,6,8,13H,5,7,9-10H2,(H,21,22)/t13-/m0/s1. The number of rotatable bonds is 5. The Hall–Kier alpha value is -2.54. The van der Waals surface area contributed by atoms with Gasteiger partial charge in [0, 0.05) is 30.8 Å². The van der Waals surface area contributed by atoms with Crippen LogP contribution >= 0.6 is 0 Å². The normalized spacial score (nSPS) is 16.8. The molecular weight excluding hydrogens is 318 g/mol. The Labute approximate surface area is 137 Å². The highest BCUT2D eigenvalue weighted by Gasteiger charge is 2.21. The summed E-state index contributed by atoms with van der Waals surface area (Å²) in [5, 5.41) is 2.59. The van der Waals surface area contributed by atoms with Crippen LogP contribution in [0.2, 0.25) is 0 Å². The SMILES string of the molecule is O=C(NCc1ccc(F)cc1F)c1cccnc1O[C@H]1CCOC1. The van der Waals surface area contributed by atoms with Gasteiger partial charge < -0.3 is 14.8 Å². The molecule has 0 aliphatic carbocycles. The molecule has 1 atom stereocenters. The van der Waals surface area contributed by atoms with Gasteiger partial charge in [0.1, 0.15) is 23.3 Å². The number of nitrogens with zero attached hydrogens (tertiary/aromatic N) is 1. The first kappa shape index (κ1) is 16.3. The maximum Gasteiger partial charge on any atom is 0.257 e. The molecule has 1 saturated heterocycles.